The van der Waals surface area contributed by atoms with Gasteiger partial charge in [0.25, 0.3) is 0 Å². The quantitative estimate of drug-likeness (QED) is 0.903. The van der Waals surface area contributed by atoms with Gasteiger partial charge < -0.3 is 10.1 Å². The Bertz CT molecular complexity index is 390. The van der Waals surface area contributed by atoms with Crippen molar-refractivity contribution in [1.29, 1.82) is 0 Å². The van der Waals surface area contributed by atoms with Crippen LogP contribution < -0.4 is 10.1 Å². The average molecular weight is 262 g/mol. The Hall–Kier alpha value is -1.06. The normalized spacial score (nSPS) is 26.1. The number of piperidine rings is 1. The second-order valence-electron chi connectivity index (χ2n) is 5.55. The minimum Gasteiger partial charge on any atom is -0.497 e. The van der Waals surface area contributed by atoms with Gasteiger partial charge in [0.1, 0.15) is 5.75 Å². The molecule has 1 fully saturated rings. The van der Waals surface area contributed by atoms with Gasteiger partial charge in [-0.05, 0) is 51.4 Å². The molecule has 0 bridgehead atoms. The van der Waals surface area contributed by atoms with Gasteiger partial charge in [-0.1, -0.05) is 12.1 Å². The minimum atomic E-state index is 0.471. The second-order valence-corrected chi connectivity index (χ2v) is 5.55. The van der Waals surface area contributed by atoms with Crippen molar-refractivity contribution in [3.63, 3.8) is 0 Å². The fourth-order valence-corrected chi connectivity index (χ4v) is 3.10. The van der Waals surface area contributed by atoms with Crippen LogP contribution in [0.3, 0.4) is 0 Å². The van der Waals surface area contributed by atoms with Gasteiger partial charge in [0.2, 0.25) is 0 Å². The molecule has 1 aliphatic heterocycles. The molecule has 3 unspecified atom stereocenters. The van der Waals surface area contributed by atoms with E-state index in [1.807, 2.05) is 0 Å². The minimum absolute atomic E-state index is 0.471. The van der Waals surface area contributed by atoms with Gasteiger partial charge in [-0.15, -0.1) is 0 Å². The lowest BCUT2D eigenvalue weighted by molar-refractivity contribution is 0.0974. The summed E-state index contributed by atoms with van der Waals surface area (Å²) in [6.07, 6.45) is 2.47. The van der Waals surface area contributed by atoms with Crippen molar-refractivity contribution >= 4 is 0 Å². The van der Waals surface area contributed by atoms with Gasteiger partial charge in [-0.3, -0.25) is 4.90 Å². The topological polar surface area (TPSA) is 24.5 Å². The summed E-state index contributed by atoms with van der Waals surface area (Å²) in [5, 5.41) is 3.41. The molecule has 0 aromatic heterocycles. The first-order valence-corrected chi connectivity index (χ1v) is 7.22. The number of ether oxygens (including phenoxy) is 1. The summed E-state index contributed by atoms with van der Waals surface area (Å²) in [5.41, 5.74) is 1.37. The van der Waals surface area contributed by atoms with E-state index in [2.05, 4.69) is 55.4 Å². The van der Waals surface area contributed by atoms with E-state index in [0.717, 1.165) is 5.75 Å². The van der Waals surface area contributed by atoms with Crippen LogP contribution in [-0.2, 0) is 0 Å². The Morgan fingerprint density at radius 3 is 2.53 bits per heavy atom. The van der Waals surface area contributed by atoms with Gasteiger partial charge in [-0.25, -0.2) is 0 Å². The number of methoxy groups -OCH3 is 1. The van der Waals surface area contributed by atoms with Crippen LogP contribution in [0.2, 0.25) is 0 Å². The monoisotopic (exact) mass is 262 g/mol. The van der Waals surface area contributed by atoms with Crippen molar-refractivity contribution in [1.82, 2.24) is 10.2 Å². The molecule has 1 N–H and O–H groups in total. The van der Waals surface area contributed by atoms with E-state index < -0.39 is 0 Å². The molecule has 1 heterocycles. The number of hydrogen-bond acceptors (Lipinski definition) is 3. The molecule has 106 valence electrons. The van der Waals surface area contributed by atoms with Crippen molar-refractivity contribution < 1.29 is 4.74 Å². The summed E-state index contributed by atoms with van der Waals surface area (Å²) in [6, 6.07) is 10.2. The highest BCUT2D eigenvalue weighted by atomic mass is 16.5. The third-order valence-electron chi connectivity index (χ3n) is 4.43. The molecule has 0 radical (unpaired) electrons. The van der Waals surface area contributed by atoms with Crippen molar-refractivity contribution in [2.24, 2.45) is 0 Å². The van der Waals surface area contributed by atoms with Gasteiger partial charge in [0, 0.05) is 24.7 Å². The highest BCUT2D eigenvalue weighted by molar-refractivity contribution is 5.29. The zero-order valence-corrected chi connectivity index (χ0v) is 12.5. The Kier molecular flexibility index (Phi) is 4.83. The first-order valence-electron chi connectivity index (χ1n) is 7.22. The molecule has 1 saturated heterocycles. The van der Waals surface area contributed by atoms with Crippen LogP contribution in [0.5, 0.6) is 5.75 Å². The average Bonchev–Trinajstić information content (AvgIpc) is 2.46. The van der Waals surface area contributed by atoms with Crippen molar-refractivity contribution in [3.05, 3.63) is 29.8 Å². The highest BCUT2D eigenvalue weighted by Crippen LogP contribution is 2.29. The van der Waals surface area contributed by atoms with E-state index in [-0.39, 0.29) is 0 Å². The smallest absolute Gasteiger partial charge is 0.118 e. The largest absolute Gasteiger partial charge is 0.497 e. The summed E-state index contributed by atoms with van der Waals surface area (Å²) < 4.78 is 5.22. The summed E-state index contributed by atoms with van der Waals surface area (Å²) in [6.45, 7) is 5.81. The third-order valence-corrected chi connectivity index (χ3v) is 4.43. The number of hydrogen-bond donors (Lipinski definition) is 1. The Morgan fingerprint density at radius 1 is 1.32 bits per heavy atom. The number of nitrogens with zero attached hydrogens (tertiary/aromatic N) is 1. The molecule has 1 aromatic carbocycles. The maximum absolute atomic E-state index is 5.22. The van der Waals surface area contributed by atoms with Crippen LogP contribution in [0.1, 0.15) is 38.3 Å². The van der Waals surface area contributed by atoms with E-state index in [0.29, 0.717) is 18.1 Å². The Balaban J connectivity index is 2.04. The fraction of sp³-hybridized carbons (Fsp3) is 0.625. The van der Waals surface area contributed by atoms with Crippen molar-refractivity contribution in [2.75, 3.05) is 20.7 Å². The third kappa shape index (κ3) is 3.28. The molecule has 1 aromatic rings. The zero-order valence-electron chi connectivity index (χ0n) is 12.5. The predicted molar refractivity (Wildman–Crippen MR) is 79.7 cm³/mol. The molecule has 3 atom stereocenters. The molecule has 0 saturated carbocycles. The van der Waals surface area contributed by atoms with Crippen LogP contribution in [0.25, 0.3) is 0 Å². The van der Waals surface area contributed by atoms with E-state index in [9.17, 15) is 0 Å². The zero-order chi connectivity index (χ0) is 13.8. The lowest BCUT2D eigenvalue weighted by atomic mass is 9.95. The maximum atomic E-state index is 5.22. The molecule has 0 aliphatic carbocycles. The Labute approximate surface area is 116 Å². The van der Waals surface area contributed by atoms with Gasteiger partial charge in [0.15, 0.2) is 0 Å². The fourth-order valence-electron chi connectivity index (χ4n) is 3.10. The number of benzene rings is 1. The molecule has 3 heteroatoms. The highest BCUT2D eigenvalue weighted by Gasteiger charge is 2.28. The standard InChI is InChI=1S/C16H26N2O/c1-12-11-15(17-3)9-10-18(12)13(2)14-5-7-16(19-4)8-6-14/h5-8,12-13,15,17H,9-11H2,1-4H3. The summed E-state index contributed by atoms with van der Waals surface area (Å²) in [4.78, 5) is 2.61. The van der Waals surface area contributed by atoms with Gasteiger partial charge >= 0.3 is 0 Å². The number of nitrogens with one attached hydrogen (secondary N) is 1. The van der Waals surface area contributed by atoms with Crippen LogP contribution in [0, 0.1) is 0 Å². The molecule has 1 aliphatic rings. The molecule has 19 heavy (non-hydrogen) atoms. The van der Waals surface area contributed by atoms with Gasteiger partial charge in [-0.2, -0.15) is 0 Å². The summed E-state index contributed by atoms with van der Waals surface area (Å²) in [5.74, 6) is 0.929. The lowest BCUT2D eigenvalue weighted by Gasteiger charge is -2.41. The summed E-state index contributed by atoms with van der Waals surface area (Å²) >= 11 is 0. The first-order chi connectivity index (χ1) is 9.15. The molecule has 3 nitrogen and oxygen atoms in total. The van der Waals surface area contributed by atoms with Gasteiger partial charge in [0.05, 0.1) is 7.11 Å². The SMILES string of the molecule is CNC1CCN(C(C)c2ccc(OC)cc2)C(C)C1. The molecule has 2 rings (SSSR count). The van der Waals surface area contributed by atoms with E-state index in [1.165, 1.54) is 24.9 Å². The van der Waals surface area contributed by atoms with Crippen LogP contribution >= 0.6 is 0 Å². The van der Waals surface area contributed by atoms with Crippen molar-refractivity contribution in [2.45, 2.75) is 44.8 Å². The van der Waals surface area contributed by atoms with E-state index in [4.69, 9.17) is 4.74 Å². The molecular weight excluding hydrogens is 236 g/mol. The first kappa shape index (κ1) is 14.4. The lowest BCUT2D eigenvalue weighted by Crippen LogP contribution is -2.47. The predicted octanol–water partition coefficient (Wildman–Crippen LogP) is 2.83. The van der Waals surface area contributed by atoms with Crippen LogP contribution in [0.15, 0.2) is 24.3 Å². The molecule has 0 spiro atoms. The molecular formula is C16H26N2O. The second kappa shape index (κ2) is 6.40. The Morgan fingerprint density at radius 2 is 2.00 bits per heavy atom. The molecule has 0 amide bonds. The number of rotatable bonds is 4. The summed E-state index contributed by atoms with van der Waals surface area (Å²) in [7, 11) is 3.78. The van der Waals surface area contributed by atoms with E-state index >= 15 is 0 Å². The number of likely N-dealkylation sites (tertiary alicyclic amines) is 1. The maximum Gasteiger partial charge on any atom is 0.118 e. The van der Waals surface area contributed by atoms with Crippen LogP contribution in [0.4, 0.5) is 0 Å². The van der Waals surface area contributed by atoms with Crippen LogP contribution in [-0.4, -0.2) is 37.7 Å². The van der Waals surface area contributed by atoms with Crippen molar-refractivity contribution in [3.8, 4) is 5.75 Å². The van der Waals surface area contributed by atoms with E-state index in [1.54, 1.807) is 7.11 Å².